The lowest BCUT2D eigenvalue weighted by Crippen LogP contribution is -2.36. The van der Waals surface area contributed by atoms with Gasteiger partial charge in [0.2, 0.25) is 5.91 Å². The van der Waals surface area contributed by atoms with Crippen molar-refractivity contribution in [3.63, 3.8) is 0 Å². The Morgan fingerprint density at radius 2 is 1.77 bits per heavy atom. The van der Waals surface area contributed by atoms with E-state index < -0.39 is 6.04 Å². The van der Waals surface area contributed by atoms with Gasteiger partial charge in [-0.2, -0.15) is 0 Å². The molecule has 0 unspecified atom stereocenters. The molecule has 0 bridgehead atoms. The van der Waals surface area contributed by atoms with Gasteiger partial charge in [-0.25, -0.2) is 0 Å². The number of amides is 1. The quantitative estimate of drug-likeness (QED) is 0.525. The van der Waals surface area contributed by atoms with Crippen LogP contribution in [-0.2, 0) is 4.79 Å². The summed E-state index contributed by atoms with van der Waals surface area (Å²) in [7, 11) is 0. The van der Waals surface area contributed by atoms with E-state index in [-0.39, 0.29) is 11.9 Å². The second-order valence-electron chi connectivity index (χ2n) is 7.16. The zero-order chi connectivity index (χ0) is 20.8. The van der Waals surface area contributed by atoms with Gasteiger partial charge in [-0.05, 0) is 48.4 Å². The fraction of sp³-hybridized carbons (Fsp3) is 0.240. The highest BCUT2D eigenvalue weighted by molar-refractivity contribution is 7.99. The van der Waals surface area contributed by atoms with E-state index in [0.29, 0.717) is 18.0 Å². The van der Waals surface area contributed by atoms with E-state index in [2.05, 4.69) is 34.9 Å². The first-order valence-corrected chi connectivity index (χ1v) is 11.3. The van der Waals surface area contributed by atoms with Crippen LogP contribution in [0.5, 0.6) is 5.75 Å². The Labute approximate surface area is 182 Å². The number of hydrogen-bond donors (Lipinski definition) is 2. The zero-order valence-electron chi connectivity index (χ0n) is 17.0. The van der Waals surface area contributed by atoms with Crippen LogP contribution >= 0.6 is 11.8 Å². The maximum absolute atomic E-state index is 13.4. The topological polar surface area (TPSA) is 50.4 Å². The highest BCUT2D eigenvalue weighted by Gasteiger charge is 2.28. The van der Waals surface area contributed by atoms with Crippen molar-refractivity contribution >= 4 is 23.4 Å². The molecule has 1 amide bonds. The van der Waals surface area contributed by atoms with E-state index in [1.807, 2.05) is 73.3 Å². The molecule has 2 N–H and O–H groups in total. The summed E-state index contributed by atoms with van der Waals surface area (Å²) in [4.78, 5) is 14.7. The number of thioether (sulfide) groups is 1. The highest BCUT2D eigenvalue weighted by atomic mass is 32.2. The van der Waals surface area contributed by atoms with E-state index in [0.717, 1.165) is 17.7 Å². The van der Waals surface area contributed by atoms with Crippen molar-refractivity contribution in [1.29, 1.82) is 0 Å². The number of anilines is 1. The lowest BCUT2D eigenvalue weighted by atomic mass is 9.99. The Balaban J connectivity index is 1.61. The predicted octanol–water partition coefficient (Wildman–Crippen LogP) is 5.59. The van der Waals surface area contributed by atoms with Gasteiger partial charge in [0.1, 0.15) is 11.8 Å². The zero-order valence-corrected chi connectivity index (χ0v) is 17.8. The fourth-order valence-electron chi connectivity index (χ4n) is 3.74. The Kier molecular flexibility index (Phi) is 6.72. The molecule has 0 aromatic heterocycles. The summed E-state index contributed by atoms with van der Waals surface area (Å²) < 4.78 is 5.68. The van der Waals surface area contributed by atoms with Gasteiger partial charge < -0.3 is 10.1 Å². The van der Waals surface area contributed by atoms with Crippen LogP contribution in [0, 0.1) is 0 Å². The molecule has 1 aliphatic rings. The molecule has 1 aliphatic heterocycles. The van der Waals surface area contributed by atoms with Crippen LogP contribution in [0.15, 0.2) is 83.8 Å². The molecule has 0 spiro atoms. The third-order valence-corrected chi connectivity index (χ3v) is 6.29. The average Bonchev–Trinajstić information content (AvgIpc) is 2.79. The van der Waals surface area contributed by atoms with Gasteiger partial charge >= 0.3 is 0 Å². The lowest BCUT2D eigenvalue weighted by Gasteiger charge is -2.30. The van der Waals surface area contributed by atoms with Crippen molar-refractivity contribution in [2.24, 2.45) is 0 Å². The van der Waals surface area contributed by atoms with Gasteiger partial charge in [-0.1, -0.05) is 60.7 Å². The van der Waals surface area contributed by atoms with Crippen LogP contribution in [0.3, 0.4) is 0 Å². The number of benzene rings is 3. The van der Waals surface area contributed by atoms with Gasteiger partial charge in [-0.15, -0.1) is 11.8 Å². The number of rotatable bonds is 7. The van der Waals surface area contributed by atoms with Gasteiger partial charge in [0.25, 0.3) is 0 Å². The molecular formula is C25H26N2O2S. The van der Waals surface area contributed by atoms with Crippen LogP contribution < -0.4 is 15.4 Å². The van der Waals surface area contributed by atoms with Crippen LogP contribution in [0.25, 0.3) is 0 Å². The van der Waals surface area contributed by atoms with E-state index in [4.69, 9.17) is 4.74 Å². The second kappa shape index (κ2) is 9.83. The highest BCUT2D eigenvalue weighted by Crippen LogP contribution is 2.37. The van der Waals surface area contributed by atoms with Gasteiger partial charge in [-0.3, -0.25) is 10.1 Å². The molecule has 0 radical (unpaired) electrons. The third-order valence-electron chi connectivity index (χ3n) is 5.17. The van der Waals surface area contributed by atoms with Gasteiger partial charge in [0.05, 0.1) is 12.3 Å². The first-order valence-electron chi connectivity index (χ1n) is 10.3. The third kappa shape index (κ3) is 4.69. The maximum Gasteiger partial charge on any atom is 0.246 e. The average molecular weight is 419 g/mol. The summed E-state index contributed by atoms with van der Waals surface area (Å²) in [5.41, 5.74) is 2.89. The molecule has 0 saturated carbocycles. The molecule has 2 atom stereocenters. The molecule has 4 nitrogen and oxygen atoms in total. The first-order chi connectivity index (χ1) is 14.8. The summed E-state index contributed by atoms with van der Waals surface area (Å²) in [5, 5.41) is 6.71. The van der Waals surface area contributed by atoms with Crippen LogP contribution in [0.4, 0.5) is 5.69 Å². The standard InChI is InChI=1S/C25H26N2O2S/c1-2-29-22-14-8-7-13-21(22)27-25(28)24(18-10-4-3-5-11-18)26-20-16-17-30-23-15-9-6-12-19(20)23/h3-15,20,24,26H,2,16-17H2,1H3,(H,27,28)/t20-,24-/m0/s1. The number of carbonyl (C=O) groups is 1. The molecule has 154 valence electrons. The normalized spacial score (nSPS) is 16.4. The molecule has 30 heavy (non-hydrogen) atoms. The lowest BCUT2D eigenvalue weighted by molar-refractivity contribution is -0.118. The molecule has 1 heterocycles. The molecule has 0 fully saturated rings. The van der Waals surface area contributed by atoms with Gasteiger partial charge in [0, 0.05) is 10.9 Å². The predicted molar refractivity (Wildman–Crippen MR) is 123 cm³/mol. The van der Waals surface area contributed by atoms with Crippen molar-refractivity contribution in [3.05, 3.63) is 90.0 Å². The van der Waals surface area contributed by atoms with Crippen LogP contribution in [0.2, 0.25) is 0 Å². The monoisotopic (exact) mass is 418 g/mol. The molecular weight excluding hydrogens is 392 g/mol. The fourth-order valence-corrected chi connectivity index (χ4v) is 4.87. The SMILES string of the molecule is CCOc1ccccc1NC(=O)[C@@H](N[C@H]1CCSc2ccccc21)c1ccccc1. The summed E-state index contributed by atoms with van der Waals surface area (Å²) in [5.74, 6) is 1.62. The molecule has 3 aromatic carbocycles. The summed E-state index contributed by atoms with van der Waals surface area (Å²) in [6.45, 7) is 2.48. The van der Waals surface area contributed by atoms with Crippen LogP contribution in [0.1, 0.15) is 36.6 Å². The Hall–Kier alpha value is -2.76. The van der Waals surface area contributed by atoms with E-state index in [1.54, 1.807) is 0 Å². The van der Waals surface area contributed by atoms with E-state index >= 15 is 0 Å². The van der Waals surface area contributed by atoms with Crippen molar-refractivity contribution in [3.8, 4) is 5.75 Å². The number of nitrogens with one attached hydrogen (secondary N) is 2. The number of hydrogen-bond acceptors (Lipinski definition) is 4. The number of carbonyl (C=O) groups excluding carboxylic acids is 1. The largest absolute Gasteiger partial charge is 0.492 e. The molecule has 0 saturated heterocycles. The minimum absolute atomic E-state index is 0.0935. The summed E-state index contributed by atoms with van der Waals surface area (Å²) in [6, 6.07) is 25.6. The van der Waals surface area contributed by atoms with E-state index in [1.165, 1.54) is 10.5 Å². The van der Waals surface area contributed by atoms with Crippen molar-refractivity contribution in [1.82, 2.24) is 5.32 Å². The number of fused-ring (bicyclic) bond motifs is 1. The number of ether oxygens (including phenoxy) is 1. The minimum atomic E-state index is -0.470. The molecule has 4 rings (SSSR count). The summed E-state index contributed by atoms with van der Waals surface area (Å²) >= 11 is 1.88. The molecule has 3 aromatic rings. The van der Waals surface area contributed by atoms with Crippen molar-refractivity contribution < 1.29 is 9.53 Å². The second-order valence-corrected chi connectivity index (χ2v) is 8.29. The maximum atomic E-state index is 13.4. The Bertz CT molecular complexity index is 993. The van der Waals surface area contributed by atoms with Gasteiger partial charge in [0.15, 0.2) is 0 Å². The number of para-hydroxylation sites is 2. The smallest absolute Gasteiger partial charge is 0.246 e. The van der Waals surface area contributed by atoms with Crippen molar-refractivity contribution in [2.45, 2.75) is 30.3 Å². The first kappa shape index (κ1) is 20.5. The molecule has 0 aliphatic carbocycles. The van der Waals surface area contributed by atoms with Crippen molar-refractivity contribution in [2.75, 3.05) is 17.7 Å². The molecule has 5 heteroatoms. The van der Waals surface area contributed by atoms with E-state index in [9.17, 15) is 4.79 Å². The summed E-state index contributed by atoms with van der Waals surface area (Å²) in [6.07, 6.45) is 0.980. The Morgan fingerprint density at radius 1 is 1.03 bits per heavy atom. The minimum Gasteiger partial charge on any atom is -0.492 e. The van der Waals surface area contributed by atoms with Crippen LogP contribution in [-0.4, -0.2) is 18.3 Å². The Morgan fingerprint density at radius 3 is 2.60 bits per heavy atom.